The highest BCUT2D eigenvalue weighted by atomic mass is 32.1. The number of anilines is 1. The summed E-state index contributed by atoms with van der Waals surface area (Å²) in [6.45, 7) is 8.51. The Balaban J connectivity index is 2.00. The summed E-state index contributed by atoms with van der Waals surface area (Å²) in [4.78, 5) is 4.64. The van der Waals surface area contributed by atoms with Gasteiger partial charge in [-0.1, -0.05) is 17.7 Å². The molecule has 1 N–H and O–H groups in total. The minimum atomic E-state index is 0.849. The van der Waals surface area contributed by atoms with Gasteiger partial charge in [0.1, 0.15) is 0 Å². The van der Waals surface area contributed by atoms with Gasteiger partial charge in [-0.05, 0) is 57.7 Å². The van der Waals surface area contributed by atoms with Crippen LogP contribution < -0.4 is 5.32 Å². The number of aryl methyl sites for hydroxylation is 2. The zero-order valence-corrected chi connectivity index (χ0v) is 12.9. The minimum Gasteiger partial charge on any atom is -0.348 e. The van der Waals surface area contributed by atoms with Gasteiger partial charge in [0.25, 0.3) is 0 Å². The topological polar surface area (TPSA) is 18.5 Å². The van der Waals surface area contributed by atoms with Crippen LogP contribution in [0, 0.1) is 13.8 Å². The van der Waals surface area contributed by atoms with Crippen molar-refractivity contribution in [2.24, 2.45) is 0 Å². The lowest BCUT2D eigenvalue weighted by molar-refractivity contribution is 0.347. The van der Waals surface area contributed by atoms with Crippen molar-refractivity contribution in [3.05, 3.63) is 29.3 Å². The predicted molar refractivity (Wildman–Crippen MR) is 85.8 cm³/mol. The third-order valence-corrected chi connectivity index (χ3v) is 3.99. The number of nitrogens with zero attached hydrogens (tertiary/aromatic N) is 2. The third-order valence-electron chi connectivity index (χ3n) is 3.63. The molecule has 1 saturated heterocycles. The molecule has 0 aromatic heterocycles. The van der Waals surface area contributed by atoms with Gasteiger partial charge in [-0.25, -0.2) is 0 Å². The van der Waals surface area contributed by atoms with Gasteiger partial charge in [-0.2, -0.15) is 0 Å². The average molecular weight is 277 g/mol. The maximum Gasteiger partial charge on any atom is 0.173 e. The summed E-state index contributed by atoms with van der Waals surface area (Å²) in [6.07, 6.45) is 1.17. The molecule has 0 unspecified atom stereocenters. The Bertz CT molecular complexity index is 459. The minimum absolute atomic E-state index is 0.849. The number of benzene rings is 1. The highest BCUT2D eigenvalue weighted by Crippen LogP contribution is 2.17. The van der Waals surface area contributed by atoms with Gasteiger partial charge in [0, 0.05) is 25.3 Å². The molecule has 104 valence electrons. The van der Waals surface area contributed by atoms with E-state index in [0.717, 1.165) is 37.0 Å². The van der Waals surface area contributed by atoms with Crippen molar-refractivity contribution < 1.29 is 0 Å². The van der Waals surface area contributed by atoms with Crippen LogP contribution in [0.4, 0.5) is 5.69 Å². The Labute approximate surface area is 121 Å². The molecule has 1 aliphatic rings. The molecule has 0 amide bonds. The van der Waals surface area contributed by atoms with E-state index in [4.69, 9.17) is 12.2 Å². The van der Waals surface area contributed by atoms with Crippen molar-refractivity contribution in [2.75, 3.05) is 38.5 Å². The van der Waals surface area contributed by atoms with Crippen LogP contribution in [0.2, 0.25) is 0 Å². The van der Waals surface area contributed by atoms with E-state index >= 15 is 0 Å². The van der Waals surface area contributed by atoms with Crippen LogP contribution in [0.1, 0.15) is 17.5 Å². The lowest BCUT2D eigenvalue weighted by atomic mass is 10.1. The first-order valence-electron chi connectivity index (χ1n) is 6.88. The second kappa shape index (κ2) is 6.35. The van der Waals surface area contributed by atoms with E-state index in [1.54, 1.807) is 0 Å². The van der Waals surface area contributed by atoms with Crippen LogP contribution >= 0.6 is 12.2 Å². The van der Waals surface area contributed by atoms with E-state index < -0.39 is 0 Å². The summed E-state index contributed by atoms with van der Waals surface area (Å²) in [5.41, 5.74) is 3.65. The van der Waals surface area contributed by atoms with E-state index in [0.29, 0.717) is 0 Å². The monoisotopic (exact) mass is 277 g/mol. The zero-order valence-electron chi connectivity index (χ0n) is 12.1. The van der Waals surface area contributed by atoms with Crippen LogP contribution in [0.15, 0.2) is 18.2 Å². The molecule has 0 radical (unpaired) electrons. The number of hydrogen-bond donors (Lipinski definition) is 1. The van der Waals surface area contributed by atoms with Crippen LogP contribution in [0.25, 0.3) is 0 Å². The zero-order chi connectivity index (χ0) is 13.8. The van der Waals surface area contributed by atoms with Gasteiger partial charge < -0.3 is 15.1 Å². The molecule has 0 saturated carbocycles. The first-order valence-corrected chi connectivity index (χ1v) is 7.29. The van der Waals surface area contributed by atoms with Gasteiger partial charge in [-0.3, -0.25) is 0 Å². The first-order chi connectivity index (χ1) is 9.06. The van der Waals surface area contributed by atoms with Crippen LogP contribution in [-0.2, 0) is 0 Å². The number of nitrogens with one attached hydrogen (secondary N) is 1. The number of thiocarbonyl (C=S) groups is 1. The quantitative estimate of drug-likeness (QED) is 0.795. The van der Waals surface area contributed by atoms with Gasteiger partial charge in [0.05, 0.1) is 0 Å². The number of hydrogen-bond acceptors (Lipinski definition) is 2. The lowest BCUT2D eigenvalue weighted by Crippen LogP contribution is -2.37. The van der Waals surface area contributed by atoms with Crippen LogP contribution in [0.5, 0.6) is 0 Å². The second-order valence-corrected chi connectivity index (χ2v) is 5.78. The largest absolute Gasteiger partial charge is 0.348 e. The fraction of sp³-hybridized carbons (Fsp3) is 0.533. The molecule has 2 rings (SSSR count). The van der Waals surface area contributed by atoms with Crippen molar-refractivity contribution in [3.63, 3.8) is 0 Å². The van der Waals surface area contributed by atoms with Crippen LogP contribution in [-0.4, -0.2) is 48.1 Å². The summed E-state index contributed by atoms with van der Waals surface area (Å²) < 4.78 is 0. The normalized spacial score (nSPS) is 17.1. The SMILES string of the molecule is Cc1ccc(NC(=S)N2CCCN(C)CC2)c(C)c1. The molecule has 1 fully saturated rings. The van der Waals surface area contributed by atoms with Gasteiger partial charge in [0.2, 0.25) is 0 Å². The Morgan fingerprint density at radius 3 is 2.68 bits per heavy atom. The molecule has 1 aliphatic heterocycles. The van der Waals surface area contributed by atoms with E-state index in [-0.39, 0.29) is 0 Å². The van der Waals surface area contributed by atoms with Crippen molar-refractivity contribution in [1.82, 2.24) is 9.80 Å². The van der Waals surface area contributed by atoms with Crippen LogP contribution in [0.3, 0.4) is 0 Å². The molecule has 0 spiro atoms. The van der Waals surface area contributed by atoms with Gasteiger partial charge >= 0.3 is 0 Å². The lowest BCUT2D eigenvalue weighted by Gasteiger charge is -2.24. The summed E-state index contributed by atoms with van der Waals surface area (Å²) in [5.74, 6) is 0. The van der Waals surface area contributed by atoms with E-state index in [1.807, 2.05) is 0 Å². The molecule has 1 aromatic carbocycles. The van der Waals surface area contributed by atoms with Gasteiger partial charge in [-0.15, -0.1) is 0 Å². The van der Waals surface area contributed by atoms with E-state index in [1.165, 1.54) is 17.5 Å². The molecule has 1 aromatic rings. The summed E-state index contributed by atoms with van der Waals surface area (Å²) >= 11 is 5.54. The fourth-order valence-electron chi connectivity index (χ4n) is 2.40. The highest BCUT2D eigenvalue weighted by Gasteiger charge is 2.15. The molecule has 0 atom stereocenters. The van der Waals surface area contributed by atoms with Crippen molar-refractivity contribution in [2.45, 2.75) is 20.3 Å². The molecular weight excluding hydrogens is 254 g/mol. The van der Waals surface area contributed by atoms with Crippen molar-refractivity contribution >= 4 is 23.0 Å². The standard InChI is InChI=1S/C15H23N3S/c1-12-5-6-14(13(2)11-12)16-15(19)18-8-4-7-17(3)9-10-18/h5-6,11H,4,7-10H2,1-3H3,(H,16,19). The second-order valence-electron chi connectivity index (χ2n) is 5.39. The Morgan fingerprint density at radius 1 is 1.16 bits per heavy atom. The summed E-state index contributed by atoms with van der Waals surface area (Å²) in [6, 6.07) is 6.41. The molecule has 1 heterocycles. The van der Waals surface area contributed by atoms with Gasteiger partial charge in [0.15, 0.2) is 5.11 Å². The molecule has 0 aliphatic carbocycles. The molecule has 3 nitrogen and oxygen atoms in total. The molecule has 19 heavy (non-hydrogen) atoms. The Morgan fingerprint density at radius 2 is 1.95 bits per heavy atom. The summed E-state index contributed by atoms with van der Waals surface area (Å²) in [7, 11) is 2.17. The summed E-state index contributed by atoms with van der Waals surface area (Å²) in [5, 5.41) is 4.24. The smallest absolute Gasteiger partial charge is 0.173 e. The first kappa shape index (κ1) is 14.3. The number of likely N-dealkylation sites (N-methyl/N-ethyl adjacent to an activating group) is 1. The van der Waals surface area contributed by atoms with E-state index in [9.17, 15) is 0 Å². The maximum atomic E-state index is 5.54. The van der Waals surface area contributed by atoms with Crippen molar-refractivity contribution in [1.29, 1.82) is 0 Å². The van der Waals surface area contributed by atoms with Crippen molar-refractivity contribution in [3.8, 4) is 0 Å². The predicted octanol–water partition coefficient (Wildman–Crippen LogP) is 2.64. The maximum absolute atomic E-state index is 5.54. The fourth-order valence-corrected chi connectivity index (χ4v) is 2.69. The Hall–Kier alpha value is -1.13. The molecular formula is C15H23N3S. The number of rotatable bonds is 1. The highest BCUT2D eigenvalue weighted by molar-refractivity contribution is 7.80. The Kier molecular flexibility index (Phi) is 4.77. The average Bonchev–Trinajstić information content (AvgIpc) is 2.57. The third kappa shape index (κ3) is 3.91. The molecule has 4 heteroatoms. The van der Waals surface area contributed by atoms with E-state index in [2.05, 4.69) is 54.2 Å². The molecule has 0 bridgehead atoms.